The number of hydrogen-bond donors (Lipinski definition) is 0. The van der Waals surface area contributed by atoms with Crippen LogP contribution in [0.1, 0.15) is 28.5 Å². The third-order valence-corrected chi connectivity index (χ3v) is 4.89. The second kappa shape index (κ2) is 8.76. The molecule has 1 heterocycles. The number of amides is 1. The van der Waals surface area contributed by atoms with E-state index in [4.69, 9.17) is 0 Å². The fourth-order valence-corrected chi connectivity index (χ4v) is 3.48. The zero-order valence-electron chi connectivity index (χ0n) is 15.8. The predicted octanol–water partition coefficient (Wildman–Crippen LogP) is 6.02. The van der Waals surface area contributed by atoms with Gasteiger partial charge in [0, 0.05) is 23.9 Å². The molecule has 0 radical (unpaired) electrons. The van der Waals surface area contributed by atoms with E-state index in [2.05, 4.69) is 4.98 Å². The van der Waals surface area contributed by atoms with Gasteiger partial charge >= 0.3 is 6.18 Å². The van der Waals surface area contributed by atoms with Crippen LogP contribution in [0.15, 0.2) is 53.9 Å². The zero-order chi connectivity index (χ0) is 22.8. The van der Waals surface area contributed by atoms with E-state index in [0.29, 0.717) is 6.07 Å². The molecule has 3 aromatic rings. The van der Waals surface area contributed by atoms with Crippen LogP contribution in [0, 0.1) is 11.6 Å². The summed E-state index contributed by atoms with van der Waals surface area (Å²) < 4.78 is 65.7. The second-order valence-corrected chi connectivity index (χ2v) is 7.12. The van der Waals surface area contributed by atoms with Crippen LogP contribution in [0.4, 0.5) is 32.8 Å². The van der Waals surface area contributed by atoms with Crippen LogP contribution in [-0.2, 0) is 11.0 Å². The molecule has 3 rings (SSSR count). The first kappa shape index (κ1) is 22.3. The van der Waals surface area contributed by atoms with Gasteiger partial charge in [0.25, 0.3) is 0 Å². The molecule has 0 spiro atoms. The molecule has 2 aromatic carbocycles. The van der Waals surface area contributed by atoms with Gasteiger partial charge in [0.15, 0.2) is 10.9 Å². The Labute approximate surface area is 177 Å². The molecule has 4 nitrogen and oxygen atoms in total. The number of rotatable bonds is 5. The highest BCUT2D eigenvalue weighted by Crippen LogP contribution is 2.32. The summed E-state index contributed by atoms with van der Waals surface area (Å²) in [7, 11) is 0. The highest BCUT2D eigenvalue weighted by Gasteiger charge is 2.30. The van der Waals surface area contributed by atoms with Crippen molar-refractivity contribution in [1.29, 1.82) is 0 Å². The number of carbonyl (C=O) groups excluding carboxylic acids is 2. The summed E-state index contributed by atoms with van der Waals surface area (Å²) in [6.45, 7) is 1.18. The largest absolute Gasteiger partial charge is 0.416 e. The number of halogens is 5. The van der Waals surface area contributed by atoms with Crippen LogP contribution < -0.4 is 4.90 Å². The fraction of sp³-hybridized carbons (Fsp3) is 0.0952. The molecule has 0 bridgehead atoms. The van der Waals surface area contributed by atoms with Gasteiger partial charge in [-0.1, -0.05) is 12.1 Å². The number of carbonyl (C=O) groups is 2. The van der Waals surface area contributed by atoms with E-state index in [9.17, 15) is 31.5 Å². The Bertz CT molecular complexity index is 1170. The van der Waals surface area contributed by atoms with Gasteiger partial charge in [-0.15, -0.1) is 11.3 Å². The lowest BCUT2D eigenvalue weighted by atomic mass is 10.1. The first-order chi connectivity index (χ1) is 14.6. The Morgan fingerprint density at radius 2 is 1.84 bits per heavy atom. The van der Waals surface area contributed by atoms with E-state index in [0.717, 1.165) is 52.6 Å². The number of alkyl halides is 3. The molecule has 160 valence electrons. The van der Waals surface area contributed by atoms with E-state index in [-0.39, 0.29) is 22.1 Å². The Morgan fingerprint density at radius 1 is 1.10 bits per heavy atom. The molecule has 0 atom stereocenters. The molecule has 0 saturated heterocycles. The Balaban J connectivity index is 1.84. The van der Waals surface area contributed by atoms with Crippen molar-refractivity contribution in [1.82, 2.24) is 4.98 Å². The molecule has 0 unspecified atom stereocenters. The minimum Gasteiger partial charge on any atom is -0.289 e. The Morgan fingerprint density at radius 3 is 2.48 bits per heavy atom. The third kappa shape index (κ3) is 5.21. The maximum atomic E-state index is 14.1. The van der Waals surface area contributed by atoms with Crippen molar-refractivity contribution in [2.75, 3.05) is 4.90 Å². The summed E-state index contributed by atoms with van der Waals surface area (Å²) in [6.07, 6.45) is -2.26. The van der Waals surface area contributed by atoms with Crippen LogP contribution in [0.5, 0.6) is 0 Å². The number of benzene rings is 2. The number of hydrogen-bond acceptors (Lipinski definition) is 4. The first-order valence-electron chi connectivity index (χ1n) is 8.67. The van der Waals surface area contributed by atoms with Crippen LogP contribution >= 0.6 is 11.3 Å². The molecule has 0 aliphatic heterocycles. The lowest BCUT2D eigenvalue weighted by Crippen LogP contribution is -2.23. The summed E-state index contributed by atoms with van der Waals surface area (Å²) >= 11 is 0.969. The molecule has 1 aromatic heterocycles. The van der Waals surface area contributed by atoms with E-state index < -0.39 is 35.1 Å². The number of thiazole rings is 1. The van der Waals surface area contributed by atoms with Crippen LogP contribution in [-0.4, -0.2) is 16.7 Å². The number of ketones is 1. The van der Waals surface area contributed by atoms with Crippen molar-refractivity contribution in [3.63, 3.8) is 0 Å². The summed E-state index contributed by atoms with van der Waals surface area (Å²) in [6, 6.07) is 6.71. The van der Waals surface area contributed by atoms with E-state index in [1.807, 2.05) is 0 Å². The molecule has 0 N–H and O–H groups in total. The van der Waals surface area contributed by atoms with Crippen LogP contribution in [0.2, 0.25) is 0 Å². The number of nitrogens with zero attached hydrogens (tertiary/aromatic N) is 2. The second-order valence-electron chi connectivity index (χ2n) is 6.28. The molecule has 31 heavy (non-hydrogen) atoms. The lowest BCUT2D eigenvalue weighted by molar-refractivity contribution is -0.137. The number of aromatic nitrogens is 1. The van der Waals surface area contributed by atoms with Crippen molar-refractivity contribution in [2.45, 2.75) is 13.1 Å². The van der Waals surface area contributed by atoms with Crippen LogP contribution in [0.3, 0.4) is 0 Å². The molecular weight excluding hydrogens is 439 g/mol. The van der Waals surface area contributed by atoms with Gasteiger partial charge in [0.05, 0.1) is 16.9 Å². The van der Waals surface area contributed by atoms with Gasteiger partial charge in [-0.05, 0) is 36.4 Å². The van der Waals surface area contributed by atoms with Gasteiger partial charge in [-0.3, -0.25) is 14.5 Å². The van der Waals surface area contributed by atoms with Gasteiger partial charge in [-0.25, -0.2) is 13.8 Å². The first-order valence-corrected chi connectivity index (χ1v) is 9.55. The van der Waals surface area contributed by atoms with Gasteiger partial charge in [0.2, 0.25) is 5.91 Å². The maximum Gasteiger partial charge on any atom is 0.416 e. The highest BCUT2D eigenvalue weighted by atomic mass is 32.1. The number of anilines is 2. The van der Waals surface area contributed by atoms with Crippen molar-refractivity contribution in [2.24, 2.45) is 0 Å². The third-order valence-electron chi connectivity index (χ3n) is 4.05. The van der Waals surface area contributed by atoms with E-state index in [1.54, 1.807) is 0 Å². The predicted molar refractivity (Wildman–Crippen MR) is 106 cm³/mol. The minimum atomic E-state index is -4.57. The molecule has 0 saturated carbocycles. The quantitative estimate of drug-likeness (QED) is 0.270. The van der Waals surface area contributed by atoms with Gasteiger partial charge < -0.3 is 0 Å². The van der Waals surface area contributed by atoms with Crippen molar-refractivity contribution in [3.8, 4) is 0 Å². The van der Waals surface area contributed by atoms with Crippen molar-refractivity contribution < 1.29 is 31.5 Å². The molecule has 10 heteroatoms. The minimum absolute atomic E-state index is 0.0733. The number of allylic oxidation sites excluding steroid dienone is 1. The summed E-state index contributed by atoms with van der Waals surface area (Å²) in [4.78, 5) is 29.3. The lowest BCUT2D eigenvalue weighted by Gasteiger charge is -2.18. The van der Waals surface area contributed by atoms with Gasteiger partial charge in [0.1, 0.15) is 11.6 Å². The molecule has 0 aliphatic carbocycles. The standard InChI is InChI=1S/C21H13F5N2O2S/c1-12(29)28(18-7-5-15(22)10-17(18)23)20-27-16(11-31-20)6-8-19(30)13-3-2-4-14(9-13)21(24,25)26/h2-11H,1H3/b8-6+. The smallest absolute Gasteiger partial charge is 0.289 e. The Kier molecular flexibility index (Phi) is 6.30. The zero-order valence-corrected chi connectivity index (χ0v) is 16.6. The molecule has 1 amide bonds. The summed E-state index contributed by atoms with van der Waals surface area (Å²) in [5.41, 5.74) is -1.06. The monoisotopic (exact) mass is 452 g/mol. The Hall–Kier alpha value is -3.40. The topological polar surface area (TPSA) is 50.3 Å². The average molecular weight is 452 g/mol. The van der Waals surface area contributed by atoms with E-state index in [1.165, 1.54) is 24.4 Å². The molecule has 0 aliphatic rings. The normalized spacial score (nSPS) is 11.7. The summed E-state index contributed by atoms with van der Waals surface area (Å²) in [5.74, 6) is -3.01. The van der Waals surface area contributed by atoms with Crippen molar-refractivity contribution >= 4 is 39.9 Å². The van der Waals surface area contributed by atoms with E-state index >= 15 is 0 Å². The summed E-state index contributed by atoms with van der Waals surface area (Å²) in [5, 5.41) is 1.55. The van der Waals surface area contributed by atoms with Gasteiger partial charge in [-0.2, -0.15) is 13.2 Å². The SMILES string of the molecule is CC(=O)N(c1nc(/C=C/C(=O)c2cccc(C(F)(F)F)c2)cs1)c1ccc(F)cc1F. The average Bonchev–Trinajstić information content (AvgIpc) is 3.15. The molecule has 0 fully saturated rings. The highest BCUT2D eigenvalue weighted by molar-refractivity contribution is 7.14. The maximum absolute atomic E-state index is 14.1. The van der Waals surface area contributed by atoms with Crippen molar-refractivity contribution in [3.05, 3.63) is 82.4 Å². The van der Waals surface area contributed by atoms with Crippen LogP contribution in [0.25, 0.3) is 6.08 Å². The molecular formula is C21H13F5N2O2S. The fourth-order valence-electron chi connectivity index (χ4n) is 2.63.